The number of hydrogen-bond donors (Lipinski definition) is 3. The Morgan fingerprint density at radius 1 is 1.26 bits per heavy atom. The average Bonchev–Trinajstić information content (AvgIpc) is 2.52. The molecule has 1 unspecified atom stereocenters. The molecule has 1 aromatic rings. The van der Waals surface area contributed by atoms with Gasteiger partial charge in [0, 0.05) is 19.2 Å². The van der Waals surface area contributed by atoms with Gasteiger partial charge in [-0.25, -0.2) is 0 Å². The lowest BCUT2D eigenvalue weighted by Gasteiger charge is -2.24. The summed E-state index contributed by atoms with van der Waals surface area (Å²) in [6, 6.07) is 8.47. The maximum absolute atomic E-state index is 12.0. The summed E-state index contributed by atoms with van der Waals surface area (Å²) in [6.45, 7) is 6.52. The molecule has 0 heterocycles. The van der Waals surface area contributed by atoms with Crippen molar-refractivity contribution in [3.63, 3.8) is 0 Å². The van der Waals surface area contributed by atoms with E-state index in [1.54, 1.807) is 7.11 Å². The van der Waals surface area contributed by atoms with Crippen molar-refractivity contribution in [2.24, 2.45) is 0 Å². The first-order chi connectivity index (χ1) is 10.8. The minimum absolute atomic E-state index is 0.185. The lowest BCUT2D eigenvalue weighted by atomic mass is 10.3. The van der Waals surface area contributed by atoms with Crippen molar-refractivity contribution < 1.29 is 14.3 Å². The summed E-state index contributed by atoms with van der Waals surface area (Å²) in [6.07, 6.45) is 0. The minimum Gasteiger partial charge on any atom is -0.497 e. The van der Waals surface area contributed by atoms with E-state index in [9.17, 15) is 9.59 Å². The lowest BCUT2D eigenvalue weighted by molar-refractivity contribution is -0.127. The molecule has 0 saturated heterocycles. The van der Waals surface area contributed by atoms with Crippen molar-refractivity contribution in [2.75, 3.05) is 19.4 Å². The van der Waals surface area contributed by atoms with Crippen LogP contribution >= 0.6 is 12.6 Å². The summed E-state index contributed by atoms with van der Waals surface area (Å²) in [5, 5.41) is 6.81. The molecule has 0 aliphatic rings. The Labute approximate surface area is 144 Å². The van der Waals surface area contributed by atoms with E-state index >= 15 is 0 Å². The molecular formula is C16H26N2O3SSi. The smallest absolute Gasteiger partial charge is 0.243 e. The molecule has 5 nitrogen and oxygen atoms in total. The molecule has 23 heavy (non-hydrogen) atoms. The number of hydrogen-bond acceptors (Lipinski definition) is 4. The number of benzene rings is 1. The second kappa shape index (κ2) is 8.98. The second-order valence-electron chi connectivity index (χ2n) is 6.09. The highest BCUT2D eigenvalue weighted by atomic mass is 32.1. The summed E-state index contributed by atoms with van der Waals surface area (Å²) >= 11 is 4.11. The van der Waals surface area contributed by atoms with Crippen LogP contribution in [-0.4, -0.2) is 45.3 Å². The maximum atomic E-state index is 12.0. The molecule has 0 aromatic heterocycles. The van der Waals surface area contributed by atoms with Crippen LogP contribution in [0.15, 0.2) is 24.3 Å². The van der Waals surface area contributed by atoms with Crippen LogP contribution in [0.3, 0.4) is 0 Å². The molecule has 1 rings (SSSR count). The zero-order valence-corrected chi connectivity index (χ0v) is 16.1. The van der Waals surface area contributed by atoms with Crippen LogP contribution in [-0.2, 0) is 9.59 Å². The van der Waals surface area contributed by atoms with Gasteiger partial charge in [-0.1, -0.05) is 30.4 Å². The zero-order valence-electron chi connectivity index (χ0n) is 14.2. The third kappa shape index (κ3) is 6.27. The molecule has 0 radical (unpaired) electrons. The highest BCUT2D eigenvalue weighted by Crippen LogP contribution is 2.13. The fourth-order valence-electron chi connectivity index (χ4n) is 2.25. The fourth-order valence-corrected chi connectivity index (χ4v) is 4.61. The van der Waals surface area contributed by atoms with Crippen molar-refractivity contribution in [3.8, 4) is 5.75 Å². The molecule has 0 spiro atoms. The van der Waals surface area contributed by atoms with Crippen LogP contribution in [0.1, 0.15) is 6.92 Å². The molecular weight excluding hydrogens is 328 g/mol. The predicted octanol–water partition coefficient (Wildman–Crippen LogP) is 1.16. The first kappa shape index (κ1) is 19.6. The van der Waals surface area contributed by atoms with Crippen molar-refractivity contribution in [3.05, 3.63) is 24.3 Å². The molecule has 0 saturated carbocycles. The van der Waals surface area contributed by atoms with Gasteiger partial charge in [0.1, 0.15) is 11.8 Å². The highest BCUT2D eigenvalue weighted by molar-refractivity contribution is 7.80. The SMILES string of the molecule is COc1ccc([Si](C)(C)CCNC(=O)C(CS)NC(C)=O)cc1. The number of amides is 2. The fraction of sp³-hybridized carbons (Fsp3) is 0.500. The second-order valence-corrected chi connectivity index (χ2v) is 11.3. The standard InChI is InChI=1S/C16H26N2O3SSi/c1-12(19)18-15(11-22)16(20)17-9-10-23(3,4)14-7-5-13(21-2)6-8-14/h5-8,15,22H,9-11H2,1-4H3,(H,17,20)(H,18,19). The molecule has 0 fully saturated rings. The topological polar surface area (TPSA) is 67.4 Å². The van der Waals surface area contributed by atoms with E-state index in [-0.39, 0.29) is 17.6 Å². The number of methoxy groups -OCH3 is 1. The van der Waals surface area contributed by atoms with E-state index in [4.69, 9.17) is 4.74 Å². The van der Waals surface area contributed by atoms with Crippen molar-refractivity contribution in [1.29, 1.82) is 0 Å². The molecule has 2 amide bonds. The third-order valence-electron chi connectivity index (χ3n) is 3.80. The number of carbonyl (C=O) groups excluding carboxylic acids is 2. The van der Waals surface area contributed by atoms with E-state index in [0.717, 1.165) is 11.8 Å². The van der Waals surface area contributed by atoms with Gasteiger partial charge in [0.25, 0.3) is 0 Å². The van der Waals surface area contributed by atoms with Gasteiger partial charge in [-0.05, 0) is 18.2 Å². The first-order valence-electron chi connectivity index (χ1n) is 7.60. The van der Waals surface area contributed by atoms with Crippen LogP contribution in [0.25, 0.3) is 0 Å². The molecule has 1 atom stereocenters. The number of carbonyl (C=O) groups is 2. The molecule has 2 N–H and O–H groups in total. The minimum atomic E-state index is -1.64. The van der Waals surface area contributed by atoms with Gasteiger partial charge in [0.15, 0.2) is 0 Å². The van der Waals surface area contributed by atoms with Crippen LogP contribution in [0.2, 0.25) is 19.1 Å². The number of thiol groups is 1. The van der Waals surface area contributed by atoms with Gasteiger partial charge in [0.05, 0.1) is 15.2 Å². The highest BCUT2D eigenvalue weighted by Gasteiger charge is 2.24. The van der Waals surface area contributed by atoms with Gasteiger partial charge in [-0.2, -0.15) is 12.6 Å². The summed E-state index contributed by atoms with van der Waals surface area (Å²) in [7, 11) is 0.0172. The van der Waals surface area contributed by atoms with Crippen molar-refractivity contribution in [1.82, 2.24) is 10.6 Å². The summed E-state index contributed by atoms with van der Waals surface area (Å²) < 4.78 is 5.18. The Balaban J connectivity index is 2.54. The summed E-state index contributed by atoms with van der Waals surface area (Å²) in [5.41, 5.74) is 0. The van der Waals surface area contributed by atoms with Gasteiger partial charge < -0.3 is 15.4 Å². The normalized spacial score (nSPS) is 12.4. The Morgan fingerprint density at radius 3 is 2.35 bits per heavy atom. The Kier molecular flexibility index (Phi) is 7.64. The Hall–Kier alpha value is -1.47. The number of nitrogens with one attached hydrogen (secondary N) is 2. The average molecular weight is 355 g/mol. The van der Waals surface area contributed by atoms with E-state index in [2.05, 4.69) is 48.5 Å². The molecule has 0 bridgehead atoms. The molecule has 1 aromatic carbocycles. The van der Waals surface area contributed by atoms with Crippen LogP contribution in [0.5, 0.6) is 5.75 Å². The third-order valence-corrected chi connectivity index (χ3v) is 7.56. The molecule has 7 heteroatoms. The van der Waals surface area contributed by atoms with E-state index in [1.165, 1.54) is 12.1 Å². The van der Waals surface area contributed by atoms with Gasteiger partial charge in [-0.3, -0.25) is 9.59 Å². The maximum Gasteiger partial charge on any atom is 0.243 e. The predicted molar refractivity (Wildman–Crippen MR) is 99.4 cm³/mol. The molecule has 0 aliphatic carbocycles. The monoisotopic (exact) mass is 354 g/mol. The number of ether oxygens (including phenoxy) is 1. The summed E-state index contributed by atoms with van der Waals surface area (Å²) in [5.74, 6) is 0.714. The van der Waals surface area contributed by atoms with Crippen LogP contribution in [0, 0.1) is 0 Å². The molecule has 0 aliphatic heterocycles. The zero-order chi connectivity index (χ0) is 17.5. The van der Waals surface area contributed by atoms with Gasteiger partial charge in [0.2, 0.25) is 11.8 Å². The van der Waals surface area contributed by atoms with E-state index in [0.29, 0.717) is 6.54 Å². The Bertz CT molecular complexity index is 535. The number of rotatable bonds is 8. The van der Waals surface area contributed by atoms with E-state index in [1.807, 2.05) is 12.1 Å². The van der Waals surface area contributed by atoms with Crippen LogP contribution in [0.4, 0.5) is 0 Å². The van der Waals surface area contributed by atoms with Gasteiger partial charge >= 0.3 is 0 Å². The lowest BCUT2D eigenvalue weighted by Crippen LogP contribution is -2.49. The van der Waals surface area contributed by atoms with Crippen molar-refractivity contribution >= 4 is 37.7 Å². The van der Waals surface area contributed by atoms with Crippen LogP contribution < -0.4 is 20.6 Å². The molecule has 128 valence electrons. The van der Waals surface area contributed by atoms with E-state index < -0.39 is 14.1 Å². The van der Waals surface area contributed by atoms with Crippen molar-refractivity contribution in [2.45, 2.75) is 32.1 Å². The largest absolute Gasteiger partial charge is 0.497 e. The summed E-state index contributed by atoms with van der Waals surface area (Å²) in [4.78, 5) is 23.1. The Morgan fingerprint density at radius 2 is 1.87 bits per heavy atom. The quantitative estimate of drug-likeness (QED) is 0.485. The van der Waals surface area contributed by atoms with Gasteiger partial charge in [-0.15, -0.1) is 0 Å². The first-order valence-corrected chi connectivity index (χ1v) is 11.4.